The van der Waals surface area contributed by atoms with Gasteiger partial charge in [0.05, 0.1) is 6.04 Å². The normalized spacial score (nSPS) is 11.9. The average Bonchev–Trinajstić information content (AvgIpc) is 2.49. The van der Waals surface area contributed by atoms with Gasteiger partial charge in [0.2, 0.25) is 5.91 Å². The van der Waals surface area contributed by atoms with Crippen molar-refractivity contribution in [2.24, 2.45) is 5.73 Å². The molecule has 0 aliphatic rings. The molecule has 4 nitrogen and oxygen atoms in total. The standard InChI is InChI=1S/C17H20N2O2/c1-19(12-14-7-9-15(20)10-8-14)17(21)16(18)11-13-5-3-2-4-6-13/h2-10,16,20H,11-12,18H2,1H3. The summed E-state index contributed by atoms with van der Waals surface area (Å²) in [6, 6.07) is 16.0. The molecule has 0 radical (unpaired) electrons. The zero-order valence-corrected chi connectivity index (χ0v) is 12.1. The molecule has 0 spiro atoms. The maximum Gasteiger partial charge on any atom is 0.239 e. The van der Waals surface area contributed by atoms with Crippen molar-refractivity contribution in [3.05, 3.63) is 65.7 Å². The molecule has 0 aliphatic carbocycles. The smallest absolute Gasteiger partial charge is 0.239 e. The van der Waals surface area contributed by atoms with Gasteiger partial charge in [-0.2, -0.15) is 0 Å². The summed E-state index contributed by atoms with van der Waals surface area (Å²) in [5, 5.41) is 9.25. The molecule has 1 unspecified atom stereocenters. The predicted octanol–water partition coefficient (Wildman–Crippen LogP) is 1.92. The third-order valence-corrected chi connectivity index (χ3v) is 3.35. The second-order valence-corrected chi connectivity index (χ2v) is 5.16. The van der Waals surface area contributed by atoms with E-state index in [1.807, 2.05) is 30.3 Å². The first-order chi connectivity index (χ1) is 10.1. The number of hydrogen-bond donors (Lipinski definition) is 2. The second kappa shape index (κ2) is 6.90. The predicted molar refractivity (Wildman–Crippen MR) is 82.7 cm³/mol. The maximum absolute atomic E-state index is 12.3. The summed E-state index contributed by atoms with van der Waals surface area (Å²) >= 11 is 0. The lowest BCUT2D eigenvalue weighted by Gasteiger charge is -2.21. The van der Waals surface area contributed by atoms with Gasteiger partial charge in [0.1, 0.15) is 5.75 Å². The van der Waals surface area contributed by atoms with Gasteiger partial charge >= 0.3 is 0 Å². The van der Waals surface area contributed by atoms with Crippen molar-refractivity contribution in [3.63, 3.8) is 0 Å². The summed E-state index contributed by atoms with van der Waals surface area (Å²) in [7, 11) is 1.74. The summed E-state index contributed by atoms with van der Waals surface area (Å²) < 4.78 is 0. The lowest BCUT2D eigenvalue weighted by molar-refractivity contribution is -0.131. The van der Waals surface area contributed by atoms with Crippen molar-refractivity contribution in [2.45, 2.75) is 19.0 Å². The number of phenolic OH excluding ortho intramolecular Hbond substituents is 1. The van der Waals surface area contributed by atoms with Crippen LogP contribution in [-0.4, -0.2) is 29.0 Å². The van der Waals surface area contributed by atoms with Gasteiger partial charge < -0.3 is 15.7 Å². The van der Waals surface area contributed by atoms with Crippen LogP contribution in [0.3, 0.4) is 0 Å². The zero-order valence-electron chi connectivity index (χ0n) is 12.1. The second-order valence-electron chi connectivity index (χ2n) is 5.16. The van der Waals surface area contributed by atoms with E-state index in [1.165, 1.54) is 0 Å². The minimum Gasteiger partial charge on any atom is -0.508 e. The van der Waals surface area contributed by atoms with Crippen LogP contribution in [0.4, 0.5) is 0 Å². The fourth-order valence-electron chi connectivity index (χ4n) is 2.19. The van der Waals surface area contributed by atoms with Crippen molar-refractivity contribution in [1.29, 1.82) is 0 Å². The Morgan fingerprint density at radius 2 is 1.71 bits per heavy atom. The number of amides is 1. The third-order valence-electron chi connectivity index (χ3n) is 3.35. The average molecular weight is 284 g/mol. The van der Waals surface area contributed by atoms with Crippen LogP contribution in [0.5, 0.6) is 5.75 Å². The topological polar surface area (TPSA) is 66.6 Å². The highest BCUT2D eigenvalue weighted by molar-refractivity contribution is 5.81. The van der Waals surface area contributed by atoms with E-state index in [9.17, 15) is 9.90 Å². The number of carbonyl (C=O) groups is 1. The molecule has 0 saturated heterocycles. The van der Waals surface area contributed by atoms with Crippen LogP contribution < -0.4 is 5.73 Å². The number of likely N-dealkylation sites (N-methyl/N-ethyl adjacent to an activating group) is 1. The van der Waals surface area contributed by atoms with Crippen molar-refractivity contribution >= 4 is 5.91 Å². The SMILES string of the molecule is CN(Cc1ccc(O)cc1)C(=O)C(N)Cc1ccccc1. The van der Waals surface area contributed by atoms with E-state index in [-0.39, 0.29) is 11.7 Å². The molecule has 1 amide bonds. The van der Waals surface area contributed by atoms with E-state index >= 15 is 0 Å². The summed E-state index contributed by atoms with van der Waals surface area (Å²) in [5.41, 5.74) is 8.00. The van der Waals surface area contributed by atoms with Gasteiger partial charge in [-0.1, -0.05) is 42.5 Å². The van der Waals surface area contributed by atoms with Crippen LogP contribution >= 0.6 is 0 Å². The van der Waals surface area contributed by atoms with Crippen LogP contribution in [0, 0.1) is 0 Å². The Hall–Kier alpha value is -2.33. The molecule has 2 aromatic carbocycles. The molecule has 2 rings (SSSR count). The monoisotopic (exact) mass is 284 g/mol. The number of carbonyl (C=O) groups excluding carboxylic acids is 1. The van der Waals surface area contributed by atoms with Crippen molar-refractivity contribution in [2.75, 3.05) is 7.05 Å². The number of phenols is 1. The van der Waals surface area contributed by atoms with E-state index in [2.05, 4.69) is 0 Å². The van der Waals surface area contributed by atoms with E-state index in [0.717, 1.165) is 11.1 Å². The van der Waals surface area contributed by atoms with Gasteiger partial charge in [0.15, 0.2) is 0 Å². The van der Waals surface area contributed by atoms with Gasteiger partial charge in [-0.05, 0) is 29.7 Å². The van der Waals surface area contributed by atoms with Crippen LogP contribution in [0.1, 0.15) is 11.1 Å². The molecule has 4 heteroatoms. The van der Waals surface area contributed by atoms with E-state index < -0.39 is 6.04 Å². The molecule has 0 aromatic heterocycles. The molecular weight excluding hydrogens is 264 g/mol. The molecule has 0 aliphatic heterocycles. The number of benzene rings is 2. The summed E-state index contributed by atoms with van der Waals surface area (Å²) in [4.78, 5) is 13.9. The first kappa shape index (κ1) is 15.1. The number of nitrogens with zero attached hydrogens (tertiary/aromatic N) is 1. The minimum absolute atomic E-state index is 0.0908. The fourth-order valence-corrected chi connectivity index (χ4v) is 2.19. The summed E-state index contributed by atoms with van der Waals surface area (Å²) in [6.45, 7) is 0.474. The van der Waals surface area contributed by atoms with E-state index in [0.29, 0.717) is 13.0 Å². The number of hydrogen-bond acceptors (Lipinski definition) is 3. The molecule has 0 heterocycles. The molecule has 1 atom stereocenters. The molecular formula is C17H20N2O2. The Bertz CT molecular complexity index is 581. The third kappa shape index (κ3) is 4.33. The Balaban J connectivity index is 1.93. The first-order valence-electron chi connectivity index (χ1n) is 6.88. The summed E-state index contributed by atoms with van der Waals surface area (Å²) in [5.74, 6) is 0.125. The molecule has 110 valence electrons. The van der Waals surface area contributed by atoms with Gasteiger partial charge in [-0.3, -0.25) is 4.79 Å². The number of aromatic hydroxyl groups is 1. The van der Waals surface area contributed by atoms with E-state index in [4.69, 9.17) is 5.73 Å². The quantitative estimate of drug-likeness (QED) is 0.881. The molecule has 0 saturated carbocycles. The molecule has 3 N–H and O–H groups in total. The van der Waals surface area contributed by atoms with Gasteiger partial charge in [-0.15, -0.1) is 0 Å². The highest BCUT2D eigenvalue weighted by Crippen LogP contribution is 2.12. The Labute approximate surface area is 124 Å². The summed E-state index contributed by atoms with van der Waals surface area (Å²) in [6.07, 6.45) is 0.527. The van der Waals surface area contributed by atoms with Crippen molar-refractivity contribution in [3.8, 4) is 5.75 Å². The van der Waals surface area contributed by atoms with Gasteiger partial charge in [0, 0.05) is 13.6 Å². The highest BCUT2D eigenvalue weighted by Gasteiger charge is 2.18. The molecule has 0 bridgehead atoms. The maximum atomic E-state index is 12.3. The first-order valence-corrected chi connectivity index (χ1v) is 6.88. The van der Waals surface area contributed by atoms with Gasteiger partial charge in [0.25, 0.3) is 0 Å². The van der Waals surface area contributed by atoms with Crippen molar-refractivity contribution in [1.82, 2.24) is 4.90 Å². The lowest BCUT2D eigenvalue weighted by atomic mass is 10.1. The Morgan fingerprint density at radius 3 is 2.33 bits per heavy atom. The molecule has 0 fully saturated rings. The van der Waals surface area contributed by atoms with Gasteiger partial charge in [-0.25, -0.2) is 0 Å². The molecule has 2 aromatic rings. The Kier molecular flexibility index (Phi) is 4.95. The van der Waals surface area contributed by atoms with Crippen LogP contribution in [0.15, 0.2) is 54.6 Å². The zero-order chi connectivity index (χ0) is 15.2. The van der Waals surface area contributed by atoms with Crippen LogP contribution in [0.2, 0.25) is 0 Å². The van der Waals surface area contributed by atoms with Crippen LogP contribution in [0.25, 0.3) is 0 Å². The number of rotatable bonds is 5. The molecule has 21 heavy (non-hydrogen) atoms. The highest BCUT2D eigenvalue weighted by atomic mass is 16.3. The van der Waals surface area contributed by atoms with Crippen molar-refractivity contribution < 1.29 is 9.90 Å². The minimum atomic E-state index is -0.547. The largest absolute Gasteiger partial charge is 0.508 e. The number of nitrogens with two attached hydrogens (primary N) is 1. The Morgan fingerprint density at radius 1 is 1.10 bits per heavy atom. The van der Waals surface area contributed by atoms with E-state index in [1.54, 1.807) is 36.2 Å². The van der Waals surface area contributed by atoms with Crippen LogP contribution in [-0.2, 0) is 17.8 Å². The fraction of sp³-hybridized carbons (Fsp3) is 0.235. The lowest BCUT2D eigenvalue weighted by Crippen LogP contribution is -2.42.